The van der Waals surface area contributed by atoms with Crippen LogP contribution in [0.2, 0.25) is 0 Å². The summed E-state index contributed by atoms with van der Waals surface area (Å²) in [6.45, 7) is 7.59. The van der Waals surface area contributed by atoms with Gasteiger partial charge in [-0.3, -0.25) is 4.68 Å². The standard InChI is InChI=1S/C10H20N4/c1-9(2)12-6-4-5-10(3)14-8-11-7-13-14/h7-10,12H,4-6H2,1-3H3. The highest BCUT2D eigenvalue weighted by atomic mass is 15.3. The molecule has 0 spiro atoms. The number of hydrogen-bond acceptors (Lipinski definition) is 3. The molecule has 0 aromatic carbocycles. The van der Waals surface area contributed by atoms with Crippen LogP contribution >= 0.6 is 0 Å². The monoisotopic (exact) mass is 196 g/mol. The summed E-state index contributed by atoms with van der Waals surface area (Å²) in [7, 11) is 0. The second-order valence-electron chi connectivity index (χ2n) is 3.98. The van der Waals surface area contributed by atoms with Crippen molar-refractivity contribution in [2.45, 2.75) is 45.7 Å². The quantitative estimate of drug-likeness (QED) is 0.703. The van der Waals surface area contributed by atoms with E-state index in [1.807, 2.05) is 4.68 Å². The fourth-order valence-electron chi connectivity index (χ4n) is 1.37. The van der Waals surface area contributed by atoms with E-state index in [1.165, 1.54) is 6.42 Å². The third-order valence-corrected chi connectivity index (χ3v) is 2.24. The lowest BCUT2D eigenvalue weighted by molar-refractivity contribution is 0.431. The van der Waals surface area contributed by atoms with Gasteiger partial charge in [0.25, 0.3) is 0 Å². The van der Waals surface area contributed by atoms with E-state index in [1.54, 1.807) is 12.7 Å². The molecular formula is C10H20N4. The molecule has 1 aromatic heterocycles. The summed E-state index contributed by atoms with van der Waals surface area (Å²) in [6, 6.07) is 1.03. The minimum atomic E-state index is 0.450. The molecule has 1 unspecified atom stereocenters. The Bertz CT molecular complexity index is 230. The summed E-state index contributed by atoms with van der Waals surface area (Å²) in [5.41, 5.74) is 0. The molecule has 1 heterocycles. The van der Waals surface area contributed by atoms with E-state index in [0.717, 1.165) is 13.0 Å². The van der Waals surface area contributed by atoms with Gasteiger partial charge in [0.15, 0.2) is 0 Å². The van der Waals surface area contributed by atoms with E-state index in [4.69, 9.17) is 0 Å². The largest absolute Gasteiger partial charge is 0.315 e. The minimum absolute atomic E-state index is 0.450. The molecule has 14 heavy (non-hydrogen) atoms. The average molecular weight is 196 g/mol. The fraction of sp³-hybridized carbons (Fsp3) is 0.800. The van der Waals surface area contributed by atoms with Gasteiger partial charge in [0.05, 0.1) is 6.04 Å². The Morgan fingerprint density at radius 1 is 1.36 bits per heavy atom. The van der Waals surface area contributed by atoms with Gasteiger partial charge in [0.2, 0.25) is 0 Å². The van der Waals surface area contributed by atoms with Crippen LogP contribution < -0.4 is 5.32 Å². The minimum Gasteiger partial charge on any atom is -0.315 e. The van der Waals surface area contributed by atoms with Crippen molar-refractivity contribution in [1.29, 1.82) is 0 Å². The maximum Gasteiger partial charge on any atom is 0.137 e. The van der Waals surface area contributed by atoms with Crippen molar-refractivity contribution in [3.63, 3.8) is 0 Å². The molecule has 1 rings (SSSR count). The second-order valence-corrected chi connectivity index (χ2v) is 3.98. The molecule has 0 aliphatic heterocycles. The lowest BCUT2D eigenvalue weighted by atomic mass is 10.2. The molecule has 0 saturated carbocycles. The van der Waals surface area contributed by atoms with E-state index >= 15 is 0 Å². The summed E-state index contributed by atoms with van der Waals surface area (Å²) in [5, 5.41) is 7.52. The van der Waals surface area contributed by atoms with Gasteiger partial charge in [-0.15, -0.1) is 0 Å². The Morgan fingerprint density at radius 3 is 2.71 bits per heavy atom. The third-order valence-electron chi connectivity index (χ3n) is 2.24. The van der Waals surface area contributed by atoms with Crippen molar-refractivity contribution in [2.24, 2.45) is 0 Å². The van der Waals surface area contributed by atoms with Gasteiger partial charge in [0, 0.05) is 6.04 Å². The van der Waals surface area contributed by atoms with Crippen molar-refractivity contribution >= 4 is 0 Å². The van der Waals surface area contributed by atoms with Crippen LogP contribution in [0.3, 0.4) is 0 Å². The summed E-state index contributed by atoms with van der Waals surface area (Å²) >= 11 is 0. The SMILES string of the molecule is CC(C)NCCCC(C)n1cncn1. The van der Waals surface area contributed by atoms with Gasteiger partial charge in [-0.05, 0) is 26.3 Å². The lowest BCUT2D eigenvalue weighted by Gasteiger charge is -2.12. The first-order valence-electron chi connectivity index (χ1n) is 5.27. The third kappa shape index (κ3) is 3.87. The molecule has 4 nitrogen and oxygen atoms in total. The van der Waals surface area contributed by atoms with Crippen LogP contribution in [0.5, 0.6) is 0 Å². The molecule has 0 aliphatic carbocycles. The molecule has 0 fully saturated rings. The van der Waals surface area contributed by atoms with Gasteiger partial charge in [0.1, 0.15) is 12.7 Å². The Hall–Kier alpha value is -0.900. The van der Waals surface area contributed by atoms with Crippen LogP contribution in [-0.2, 0) is 0 Å². The molecule has 0 radical (unpaired) electrons. The highest BCUT2D eigenvalue weighted by molar-refractivity contribution is 4.65. The predicted molar refractivity (Wildman–Crippen MR) is 57.1 cm³/mol. The molecule has 0 amide bonds. The number of hydrogen-bond donors (Lipinski definition) is 1. The van der Waals surface area contributed by atoms with Crippen molar-refractivity contribution in [3.8, 4) is 0 Å². The van der Waals surface area contributed by atoms with E-state index < -0.39 is 0 Å². The summed E-state index contributed by atoms with van der Waals surface area (Å²) in [6.07, 6.45) is 5.69. The molecule has 80 valence electrons. The molecule has 0 bridgehead atoms. The molecular weight excluding hydrogens is 176 g/mol. The molecule has 1 atom stereocenters. The zero-order chi connectivity index (χ0) is 10.4. The normalized spacial score (nSPS) is 13.4. The number of nitrogens with one attached hydrogen (secondary N) is 1. The van der Waals surface area contributed by atoms with Crippen LogP contribution in [-0.4, -0.2) is 27.4 Å². The lowest BCUT2D eigenvalue weighted by Crippen LogP contribution is -2.24. The van der Waals surface area contributed by atoms with Crippen molar-refractivity contribution < 1.29 is 0 Å². The Kier molecular flexibility index (Phi) is 4.59. The summed E-state index contributed by atoms with van der Waals surface area (Å²) in [4.78, 5) is 3.94. The Morgan fingerprint density at radius 2 is 2.14 bits per heavy atom. The van der Waals surface area contributed by atoms with Crippen LogP contribution in [0.25, 0.3) is 0 Å². The van der Waals surface area contributed by atoms with Crippen LogP contribution in [0.15, 0.2) is 12.7 Å². The fourth-order valence-corrected chi connectivity index (χ4v) is 1.37. The molecule has 0 saturated heterocycles. The highest BCUT2D eigenvalue weighted by Crippen LogP contribution is 2.09. The van der Waals surface area contributed by atoms with Gasteiger partial charge >= 0.3 is 0 Å². The topological polar surface area (TPSA) is 42.7 Å². The predicted octanol–water partition coefficient (Wildman–Crippen LogP) is 1.62. The van der Waals surface area contributed by atoms with Crippen molar-refractivity contribution in [3.05, 3.63) is 12.7 Å². The maximum atomic E-state index is 4.12. The second kappa shape index (κ2) is 5.75. The van der Waals surface area contributed by atoms with Gasteiger partial charge in [-0.2, -0.15) is 5.10 Å². The highest BCUT2D eigenvalue weighted by Gasteiger charge is 2.03. The van der Waals surface area contributed by atoms with Crippen molar-refractivity contribution in [2.75, 3.05) is 6.54 Å². The summed E-state index contributed by atoms with van der Waals surface area (Å²) in [5.74, 6) is 0. The van der Waals surface area contributed by atoms with Crippen LogP contribution in [0, 0.1) is 0 Å². The van der Waals surface area contributed by atoms with Gasteiger partial charge < -0.3 is 5.32 Å². The first kappa shape index (κ1) is 11.2. The first-order chi connectivity index (χ1) is 6.70. The first-order valence-corrected chi connectivity index (χ1v) is 5.27. The molecule has 4 heteroatoms. The van der Waals surface area contributed by atoms with E-state index in [0.29, 0.717) is 12.1 Å². The number of nitrogens with zero attached hydrogens (tertiary/aromatic N) is 3. The van der Waals surface area contributed by atoms with E-state index in [2.05, 4.69) is 36.2 Å². The van der Waals surface area contributed by atoms with Crippen LogP contribution in [0.4, 0.5) is 0 Å². The Labute approximate surface area is 85.7 Å². The Balaban J connectivity index is 2.13. The number of rotatable bonds is 6. The zero-order valence-electron chi connectivity index (χ0n) is 9.27. The number of aromatic nitrogens is 3. The maximum absolute atomic E-state index is 4.12. The molecule has 0 aliphatic rings. The average Bonchev–Trinajstić information content (AvgIpc) is 2.64. The van der Waals surface area contributed by atoms with Crippen molar-refractivity contribution in [1.82, 2.24) is 20.1 Å². The smallest absolute Gasteiger partial charge is 0.137 e. The molecule has 1 aromatic rings. The summed E-state index contributed by atoms with van der Waals surface area (Å²) < 4.78 is 1.91. The van der Waals surface area contributed by atoms with Gasteiger partial charge in [-0.25, -0.2) is 4.98 Å². The zero-order valence-corrected chi connectivity index (χ0v) is 9.27. The van der Waals surface area contributed by atoms with E-state index in [-0.39, 0.29) is 0 Å². The van der Waals surface area contributed by atoms with E-state index in [9.17, 15) is 0 Å². The van der Waals surface area contributed by atoms with Gasteiger partial charge in [-0.1, -0.05) is 13.8 Å². The molecule has 1 N–H and O–H groups in total. The van der Waals surface area contributed by atoms with Crippen LogP contribution in [0.1, 0.15) is 39.7 Å².